The van der Waals surface area contributed by atoms with Gasteiger partial charge in [-0.05, 0) is 63.7 Å². The van der Waals surface area contributed by atoms with E-state index < -0.39 is 5.38 Å². The van der Waals surface area contributed by atoms with Crippen molar-refractivity contribution in [3.05, 3.63) is 49.0 Å². The first kappa shape index (κ1) is 14.3. The van der Waals surface area contributed by atoms with Gasteiger partial charge in [-0.2, -0.15) is 0 Å². The zero-order valence-corrected chi connectivity index (χ0v) is 14.0. The fourth-order valence-electron chi connectivity index (χ4n) is 2.25. The minimum Gasteiger partial charge on any atom is -0.326 e. The van der Waals surface area contributed by atoms with E-state index in [0.717, 1.165) is 14.0 Å². The maximum Gasteiger partial charge on any atom is 0.224 e. The summed E-state index contributed by atoms with van der Waals surface area (Å²) in [6.45, 7) is 0. The smallest absolute Gasteiger partial charge is 0.224 e. The number of nitrogens with one attached hydrogen (secondary N) is 1. The summed E-state index contributed by atoms with van der Waals surface area (Å²) in [6, 6.07) is 5.10. The van der Waals surface area contributed by atoms with E-state index in [1.165, 1.54) is 6.07 Å². The number of benzene rings is 1. The van der Waals surface area contributed by atoms with Crippen LogP contribution in [0.25, 0.3) is 0 Å². The standard InChI is InChI=1S/C14H10ClFINOS/c15-14(8-4-12(17)20-6-8)9-3-7-1-2-13(19)18-11(7)5-10(9)16/h3-6,14H,1-2H2,(H,18,19). The number of rotatable bonds is 2. The lowest BCUT2D eigenvalue weighted by atomic mass is 9.97. The molecule has 1 aromatic heterocycles. The van der Waals surface area contributed by atoms with Gasteiger partial charge in [-0.25, -0.2) is 4.39 Å². The van der Waals surface area contributed by atoms with Crippen LogP contribution in [0.5, 0.6) is 0 Å². The Morgan fingerprint density at radius 1 is 1.35 bits per heavy atom. The highest BCUT2D eigenvalue weighted by atomic mass is 127. The van der Waals surface area contributed by atoms with Crippen LogP contribution in [-0.4, -0.2) is 5.91 Å². The van der Waals surface area contributed by atoms with E-state index in [9.17, 15) is 9.18 Å². The van der Waals surface area contributed by atoms with Crippen molar-refractivity contribution in [3.63, 3.8) is 0 Å². The molecule has 1 atom stereocenters. The predicted octanol–water partition coefficient (Wildman–Crippen LogP) is 4.70. The van der Waals surface area contributed by atoms with Gasteiger partial charge in [-0.15, -0.1) is 22.9 Å². The molecule has 0 radical (unpaired) electrons. The highest BCUT2D eigenvalue weighted by Crippen LogP contribution is 2.36. The predicted molar refractivity (Wildman–Crippen MR) is 88.1 cm³/mol. The summed E-state index contributed by atoms with van der Waals surface area (Å²) >= 11 is 10.2. The van der Waals surface area contributed by atoms with Crippen molar-refractivity contribution in [2.75, 3.05) is 5.32 Å². The van der Waals surface area contributed by atoms with Gasteiger partial charge < -0.3 is 5.32 Å². The van der Waals surface area contributed by atoms with E-state index in [1.54, 1.807) is 17.4 Å². The molecule has 20 heavy (non-hydrogen) atoms. The number of alkyl halides is 1. The second kappa shape index (κ2) is 5.61. The Hall–Kier alpha value is -0.660. The fourth-order valence-corrected chi connectivity index (χ4v) is 4.02. The zero-order chi connectivity index (χ0) is 14.3. The van der Waals surface area contributed by atoms with Crippen LogP contribution >= 0.6 is 45.5 Å². The number of fused-ring (bicyclic) bond motifs is 1. The van der Waals surface area contributed by atoms with E-state index in [2.05, 4.69) is 27.9 Å². The van der Waals surface area contributed by atoms with Gasteiger partial charge in [-0.1, -0.05) is 0 Å². The number of amides is 1. The van der Waals surface area contributed by atoms with E-state index in [0.29, 0.717) is 24.1 Å². The summed E-state index contributed by atoms with van der Waals surface area (Å²) in [6.07, 6.45) is 1.06. The molecule has 2 nitrogen and oxygen atoms in total. The molecule has 1 aliphatic rings. The number of aryl methyl sites for hydroxylation is 1. The molecule has 6 heteroatoms. The Morgan fingerprint density at radius 2 is 2.15 bits per heavy atom. The number of thiophene rings is 1. The first-order valence-corrected chi connectivity index (χ1v) is 8.44. The van der Waals surface area contributed by atoms with Crippen molar-refractivity contribution in [1.29, 1.82) is 0 Å². The van der Waals surface area contributed by atoms with E-state index in [-0.39, 0.29) is 11.7 Å². The Labute approximate surface area is 138 Å². The molecular formula is C14H10ClFINOS. The van der Waals surface area contributed by atoms with Crippen LogP contribution in [0.3, 0.4) is 0 Å². The molecule has 1 unspecified atom stereocenters. The van der Waals surface area contributed by atoms with Gasteiger partial charge in [0.05, 0.1) is 8.26 Å². The summed E-state index contributed by atoms with van der Waals surface area (Å²) in [5.41, 5.74) is 2.87. The number of carbonyl (C=O) groups is 1. The van der Waals surface area contributed by atoms with Crippen molar-refractivity contribution < 1.29 is 9.18 Å². The summed E-state index contributed by atoms with van der Waals surface area (Å²) in [5.74, 6) is -0.452. The van der Waals surface area contributed by atoms with Crippen LogP contribution in [0.2, 0.25) is 0 Å². The summed E-state index contributed by atoms with van der Waals surface area (Å²) in [5, 5.41) is 4.13. The van der Waals surface area contributed by atoms with Gasteiger partial charge in [0, 0.05) is 17.7 Å². The second-order valence-corrected chi connectivity index (χ2v) is 7.87. The van der Waals surface area contributed by atoms with Gasteiger partial charge >= 0.3 is 0 Å². The van der Waals surface area contributed by atoms with Crippen LogP contribution in [-0.2, 0) is 11.2 Å². The number of halogens is 3. The number of hydrogen-bond donors (Lipinski definition) is 1. The van der Waals surface area contributed by atoms with Crippen LogP contribution in [0.4, 0.5) is 10.1 Å². The molecule has 1 aliphatic heterocycles. The zero-order valence-electron chi connectivity index (χ0n) is 10.3. The van der Waals surface area contributed by atoms with Crippen molar-refractivity contribution >= 4 is 57.1 Å². The average Bonchev–Trinajstić information content (AvgIpc) is 2.84. The first-order valence-electron chi connectivity index (χ1n) is 6.05. The molecule has 0 aliphatic carbocycles. The lowest BCUT2D eigenvalue weighted by molar-refractivity contribution is -0.116. The summed E-state index contributed by atoms with van der Waals surface area (Å²) < 4.78 is 15.3. The third-order valence-corrected chi connectivity index (χ3v) is 5.57. The van der Waals surface area contributed by atoms with E-state index in [1.807, 2.05) is 11.4 Å². The monoisotopic (exact) mass is 421 g/mol. The van der Waals surface area contributed by atoms with Crippen molar-refractivity contribution in [1.82, 2.24) is 0 Å². The molecule has 3 rings (SSSR count). The third kappa shape index (κ3) is 2.71. The first-order chi connectivity index (χ1) is 9.54. The quantitative estimate of drug-likeness (QED) is 0.552. The molecular weight excluding hydrogens is 412 g/mol. The third-order valence-electron chi connectivity index (χ3n) is 3.27. The Kier molecular flexibility index (Phi) is 4.01. The maximum atomic E-state index is 14.2. The Morgan fingerprint density at radius 3 is 2.85 bits per heavy atom. The summed E-state index contributed by atoms with van der Waals surface area (Å²) in [4.78, 5) is 11.3. The van der Waals surface area contributed by atoms with Crippen LogP contribution < -0.4 is 5.32 Å². The highest BCUT2D eigenvalue weighted by molar-refractivity contribution is 14.1. The molecule has 0 spiro atoms. The summed E-state index contributed by atoms with van der Waals surface area (Å²) in [7, 11) is 0. The number of anilines is 1. The lowest BCUT2D eigenvalue weighted by Gasteiger charge is -2.19. The van der Waals surface area contributed by atoms with Gasteiger partial charge in [0.1, 0.15) is 5.82 Å². The van der Waals surface area contributed by atoms with Gasteiger partial charge in [0.2, 0.25) is 5.91 Å². The number of hydrogen-bond acceptors (Lipinski definition) is 2. The lowest BCUT2D eigenvalue weighted by Crippen LogP contribution is -2.19. The minimum absolute atomic E-state index is 0.0699. The molecule has 2 heterocycles. The molecule has 1 amide bonds. The van der Waals surface area contributed by atoms with Gasteiger partial charge in [0.15, 0.2) is 0 Å². The van der Waals surface area contributed by atoms with Crippen LogP contribution in [0, 0.1) is 8.70 Å². The molecule has 1 aromatic carbocycles. The molecule has 0 fully saturated rings. The molecule has 0 saturated heterocycles. The largest absolute Gasteiger partial charge is 0.326 e. The van der Waals surface area contributed by atoms with Crippen molar-refractivity contribution in [2.45, 2.75) is 18.2 Å². The van der Waals surface area contributed by atoms with Crippen molar-refractivity contribution in [2.24, 2.45) is 0 Å². The molecule has 0 bridgehead atoms. The molecule has 2 aromatic rings. The maximum absolute atomic E-state index is 14.2. The normalized spacial score (nSPS) is 15.7. The molecule has 0 saturated carbocycles. The Bertz CT molecular complexity index is 688. The Balaban J connectivity index is 2.00. The van der Waals surface area contributed by atoms with E-state index in [4.69, 9.17) is 11.6 Å². The molecule has 1 N–H and O–H groups in total. The molecule has 104 valence electrons. The van der Waals surface area contributed by atoms with Gasteiger partial charge in [0.25, 0.3) is 0 Å². The fraction of sp³-hybridized carbons (Fsp3) is 0.214. The van der Waals surface area contributed by atoms with Crippen molar-refractivity contribution in [3.8, 4) is 0 Å². The topological polar surface area (TPSA) is 29.1 Å². The second-order valence-electron chi connectivity index (χ2n) is 4.63. The van der Waals surface area contributed by atoms with Crippen LogP contribution in [0.1, 0.15) is 28.5 Å². The average molecular weight is 422 g/mol. The minimum atomic E-state index is -0.502. The number of carbonyl (C=O) groups excluding carboxylic acids is 1. The van der Waals surface area contributed by atoms with Gasteiger partial charge in [-0.3, -0.25) is 4.79 Å². The van der Waals surface area contributed by atoms with E-state index >= 15 is 0 Å². The van der Waals surface area contributed by atoms with Crippen LogP contribution in [0.15, 0.2) is 23.6 Å². The SMILES string of the molecule is O=C1CCc2cc(C(Cl)c3csc(I)c3)c(F)cc2N1. The highest BCUT2D eigenvalue weighted by Gasteiger charge is 2.22.